The highest BCUT2D eigenvalue weighted by molar-refractivity contribution is 5.68. The van der Waals surface area contributed by atoms with Gasteiger partial charge in [0.05, 0.1) is 0 Å². The van der Waals surface area contributed by atoms with Gasteiger partial charge in [0.2, 0.25) is 0 Å². The van der Waals surface area contributed by atoms with Crippen LogP contribution in [0.4, 0.5) is 18.0 Å². The molecule has 1 aliphatic heterocycles. The van der Waals surface area contributed by atoms with Gasteiger partial charge in [-0.25, -0.2) is 4.79 Å². The van der Waals surface area contributed by atoms with Crippen molar-refractivity contribution in [3.8, 4) is 0 Å². The molecule has 0 saturated carbocycles. The largest absolute Gasteiger partial charge is 0.440 e. The van der Waals surface area contributed by atoms with Crippen molar-refractivity contribution in [1.29, 1.82) is 0 Å². The molecule has 0 aromatic rings. The fraction of sp³-hybridized carbons (Fsp3) is 0.889. The van der Waals surface area contributed by atoms with Gasteiger partial charge in [-0.3, -0.25) is 0 Å². The van der Waals surface area contributed by atoms with Crippen molar-refractivity contribution in [2.24, 2.45) is 0 Å². The van der Waals surface area contributed by atoms with Gasteiger partial charge in [0.25, 0.3) is 0 Å². The molecule has 0 atom stereocenters. The number of ether oxygens (including phenoxy) is 2. The van der Waals surface area contributed by atoms with Crippen molar-refractivity contribution in [2.45, 2.75) is 31.5 Å². The van der Waals surface area contributed by atoms with Gasteiger partial charge < -0.3 is 14.8 Å². The summed E-state index contributed by atoms with van der Waals surface area (Å²) in [5.74, 6) is 0. The molecular formula is C9H14F3NO3. The van der Waals surface area contributed by atoms with Crippen molar-refractivity contribution in [3.63, 3.8) is 0 Å². The molecule has 1 rings (SSSR count). The Hall–Kier alpha value is -0.980. The van der Waals surface area contributed by atoms with Crippen LogP contribution in [-0.2, 0) is 9.47 Å². The molecule has 1 fully saturated rings. The van der Waals surface area contributed by atoms with E-state index in [0.717, 1.165) is 0 Å². The van der Waals surface area contributed by atoms with Gasteiger partial charge in [0, 0.05) is 18.8 Å². The summed E-state index contributed by atoms with van der Waals surface area (Å²) in [5.41, 5.74) is -0.541. The quantitative estimate of drug-likeness (QED) is 0.802. The van der Waals surface area contributed by atoms with Crippen LogP contribution >= 0.6 is 0 Å². The van der Waals surface area contributed by atoms with E-state index in [4.69, 9.17) is 4.74 Å². The molecule has 1 N–H and O–H groups in total. The summed E-state index contributed by atoms with van der Waals surface area (Å²) in [7, 11) is 0. The van der Waals surface area contributed by atoms with Crippen molar-refractivity contribution in [3.05, 3.63) is 0 Å². The summed E-state index contributed by atoms with van der Waals surface area (Å²) < 4.78 is 44.4. The number of nitrogens with one attached hydrogen (secondary N) is 1. The van der Waals surface area contributed by atoms with E-state index in [-0.39, 0.29) is 0 Å². The fourth-order valence-electron chi connectivity index (χ4n) is 1.38. The first kappa shape index (κ1) is 13.1. The lowest BCUT2D eigenvalue weighted by Crippen LogP contribution is -2.50. The molecule has 0 aromatic heterocycles. The Labute approximate surface area is 91.1 Å². The zero-order chi connectivity index (χ0) is 12.2. The first-order valence-electron chi connectivity index (χ1n) is 4.90. The third-order valence-corrected chi connectivity index (χ3v) is 2.37. The molecule has 0 aliphatic carbocycles. The summed E-state index contributed by atoms with van der Waals surface area (Å²) in [4.78, 5) is 11.1. The molecule has 0 radical (unpaired) electrons. The zero-order valence-electron chi connectivity index (χ0n) is 8.89. The standard InChI is InChI=1S/C9H14F3NO3/c1-8(2-4-15-5-3-8)13-7(14)16-6-9(10,11)12/h2-6H2,1H3,(H,13,14). The monoisotopic (exact) mass is 241 g/mol. The molecule has 94 valence electrons. The molecule has 7 heteroatoms. The van der Waals surface area contributed by atoms with E-state index in [1.165, 1.54) is 0 Å². The second-order valence-corrected chi connectivity index (χ2v) is 3.99. The third kappa shape index (κ3) is 4.69. The predicted molar refractivity (Wildman–Crippen MR) is 49.0 cm³/mol. The minimum atomic E-state index is -4.49. The summed E-state index contributed by atoms with van der Waals surface area (Å²) in [5, 5.41) is 2.43. The number of amides is 1. The maximum atomic E-state index is 11.8. The summed E-state index contributed by atoms with van der Waals surface area (Å²) in [6.45, 7) is 1.15. The molecule has 1 amide bonds. The van der Waals surface area contributed by atoms with Gasteiger partial charge in [0.1, 0.15) is 0 Å². The van der Waals surface area contributed by atoms with E-state index in [9.17, 15) is 18.0 Å². The number of carbonyl (C=O) groups is 1. The van der Waals surface area contributed by atoms with E-state index in [1.807, 2.05) is 0 Å². The molecule has 16 heavy (non-hydrogen) atoms. The van der Waals surface area contributed by atoms with Gasteiger partial charge in [-0.15, -0.1) is 0 Å². The SMILES string of the molecule is CC1(NC(=O)OCC(F)(F)F)CCOCC1. The fourth-order valence-corrected chi connectivity index (χ4v) is 1.38. The Morgan fingerprint density at radius 1 is 1.44 bits per heavy atom. The maximum Gasteiger partial charge on any atom is 0.422 e. The van der Waals surface area contributed by atoms with Crippen LogP contribution in [0.5, 0.6) is 0 Å². The molecule has 0 bridgehead atoms. The smallest absolute Gasteiger partial charge is 0.422 e. The lowest BCUT2D eigenvalue weighted by molar-refractivity contribution is -0.160. The molecular weight excluding hydrogens is 227 g/mol. The van der Waals surface area contributed by atoms with Crippen LogP contribution in [0.25, 0.3) is 0 Å². The lowest BCUT2D eigenvalue weighted by atomic mass is 9.93. The van der Waals surface area contributed by atoms with Gasteiger partial charge in [-0.1, -0.05) is 0 Å². The lowest BCUT2D eigenvalue weighted by Gasteiger charge is -2.33. The Bertz CT molecular complexity index is 249. The summed E-state index contributed by atoms with van der Waals surface area (Å²) in [6.07, 6.45) is -4.40. The number of rotatable bonds is 2. The number of alkyl halides is 3. The normalized spacial score (nSPS) is 20.2. The number of alkyl carbamates (subject to hydrolysis) is 1. The topological polar surface area (TPSA) is 47.6 Å². The Kier molecular flexibility index (Phi) is 4.01. The van der Waals surface area contributed by atoms with Crippen LogP contribution in [0, 0.1) is 0 Å². The van der Waals surface area contributed by atoms with Gasteiger partial charge in [0.15, 0.2) is 6.61 Å². The van der Waals surface area contributed by atoms with E-state index in [2.05, 4.69) is 10.1 Å². The first-order chi connectivity index (χ1) is 7.31. The van der Waals surface area contributed by atoms with Crippen LogP contribution in [0.2, 0.25) is 0 Å². The van der Waals surface area contributed by atoms with E-state index in [0.29, 0.717) is 26.1 Å². The molecule has 1 heterocycles. The molecule has 4 nitrogen and oxygen atoms in total. The molecule has 0 aromatic carbocycles. The van der Waals surface area contributed by atoms with E-state index >= 15 is 0 Å². The Balaban J connectivity index is 2.33. The molecule has 1 aliphatic rings. The minimum Gasteiger partial charge on any atom is -0.440 e. The molecule has 0 unspecified atom stereocenters. The predicted octanol–water partition coefficient (Wildman–Crippen LogP) is 1.84. The maximum absolute atomic E-state index is 11.8. The number of hydrogen-bond donors (Lipinski definition) is 1. The molecule has 0 spiro atoms. The minimum absolute atomic E-state index is 0.482. The Morgan fingerprint density at radius 3 is 2.50 bits per heavy atom. The number of carbonyl (C=O) groups excluding carboxylic acids is 1. The van der Waals surface area contributed by atoms with Crippen LogP contribution in [-0.4, -0.2) is 37.6 Å². The van der Waals surface area contributed by atoms with Crippen LogP contribution in [0.1, 0.15) is 19.8 Å². The van der Waals surface area contributed by atoms with Crippen molar-refractivity contribution < 1.29 is 27.4 Å². The third-order valence-electron chi connectivity index (χ3n) is 2.37. The summed E-state index contributed by atoms with van der Waals surface area (Å²) in [6, 6.07) is 0. The van der Waals surface area contributed by atoms with E-state index in [1.54, 1.807) is 6.92 Å². The highest BCUT2D eigenvalue weighted by Crippen LogP contribution is 2.20. The van der Waals surface area contributed by atoms with Gasteiger partial charge >= 0.3 is 12.3 Å². The van der Waals surface area contributed by atoms with Crippen LogP contribution < -0.4 is 5.32 Å². The first-order valence-corrected chi connectivity index (χ1v) is 4.90. The average molecular weight is 241 g/mol. The van der Waals surface area contributed by atoms with E-state index < -0.39 is 24.4 Å². The van der Waals surface area contributed by atoms with Crippen molar-refractivity contribution in [2.75, 3.05) is 19.8 Å². The van der Waals surface area contributed by atoms with Crippen molar-refractivity contribution in [1.82, 2.24) is 5.32 Å². The highest BCUT2D eigenvalue weighted by Gasteiger charge is 2.33. The zero-order valence-corrected chi connectivity index (χ0v) is 8.89. The number of hydrogen-bond acceptors (Lipinski definition) is 3. The van der Waals surface area contributed by atoms with Crippen LogP contribution in [0.15, 0.2) is 0 Å². The average Bonchev–Trinajstić information content (AvgIpc) is 2.14. The summed E-state index contributed by atoms with van der Waals surface area (Å²) >= 11 is 0. The molecule has 1 saturated heterocycles. The van der Waals surface area contributed by atoms with Crippen LogP contribution in [0.3, 0.4) is 0 Å². The van der Waals surface area contributed by atoms with Crippen molar-refractivity contribution >= 4 is 6.09 Å². The number of halogens is 3. The highest BCUT2D eigenvalue weighted by atomic mass is 19.4. The van der Waals surface area contributed by atoms with Gasteiger partial charge in [-0.05, 0) is 19.8 Å². The van der Waals surface area contributed by atoms with Gasteiger partial charge in [-0.2, -0.15) is 13.2 Å². The Morgan fingerprint density at radius 2 is 2.00 bits per heavy atom. The second-order valence-electron chi connectivity index (χ2n) is 3.99. The second kappa shape index (κ2) is 4.90.